The molecule has 0 radical (unpaired) electrons. The summed E-state index contributed by atoms with van der Waals surface area (Å²) in [6, 6.07) is 14.5. The summed E-state index contributed by atoms with van der Waals surface area (Å²) in [4.78, 5) is 24.5. The summed E-state index contributed by atoms with van der Waals surface area (Å²) in [5.41, 5.74) is 2.33. The predicted molar refractivity (Wildman–Crippen MR) is 123 cm³/mol. The Kier molecular flexibility index (Phi) is 7.68. The molecular weight excluding hydrogens is 442 g/mol. The minimum atomic E-state index is -0.477. The molecule has 30 heavy (non-hydrogen) atoms. The molecular formula is C22H18ClNO4S2. The summed E-state index contributed by atoms with van der Waals surface area (Å²) in [6.07, 6.45) is 3.55. The molecule has 0 aliphatic carbocycles. The van der Waals surface area contributed by atoms with E-state index in [1.54, 1.807) is 30.4 Å². The van der Waals surface area contributed by atoms with Gasteiger partial charge in [0.1, 0.15) is 16.7 Å². The second-order valence-corrected chi connectivity index (χ2v) is 8.43. The zero-order valence-corrected chi connectivity index (χ0v) is 18.4. The van der Waals surface area contributed by atoms with Crippen LogP contribution < -0.4 is 10.1 Å². The number of amides is 1. The Morgan fingerprint density at radius 1 is 1.23 bits per heavy atom. The number of hydrogen-bond donors (Lipinski definition) is 1. The van der Waals surface area contributed by atoms with Crippen molar-refractivity contribution in [3.05, 3.63) is 81.2 Å². The Labute approximate surface area is 189 Å². The van der Waals surface area contributed by atoms with E-state index < -0.39 is 5.97 Å². The van der Waals surface area contributed by atoms with Crippen LogP contribution in [0.2, 0.25) is 5.02 Å². The lowest BCUT2D eigenvalue weighted by atomic mass is 10.1. The lowest BCUT2D eigenvalue weighted by Crippen LogP contribution is -2.18. The zero-order chi connectivity index (χ0) is 21.5. The number of ether oxygens (including phenoxy) is 2. The minimum Gasteiger partial charge on any atom is -0.481 e. The summed E-state index contributed by atoms with van der Waals surface area (Å²) in [7, 11) is 0. The standard InChI is InChI=1S/C22H18ClNO4S2/c1-14(20-21(26)24-22(29)30-20)7-8-16-11-17(23)9-10-18(16)27-13-19(25)28-12-15-5-3-2-4-6-15/h2-11H,12-13H2,1H3,(H,24,26,29). The summed E-state index contributed by atoms with van der Waals surface area (Å²) in [6.45, 7) is 1.77. The molecule has 1 fully saturated rings. The molecule has 1 amide bonds. The molecule has 0 saturated carbocycles. The number of thioether (sulfide) groups is 1. The van der Waals surface area contributed by atoms with Crippen molar-refractivity contribution in [2.45, 2.75) is 13.5 Å². The van der Waals surface area contributed by atoms with E-state index in [9.17, 15) is 9.59 Å². The fraction of sp³-hybridized carbons (Fsp3) is 0.136. The molecule has 154 valence electrons. The molecule has 2 aromatic carbocycles. The van der Waals surface area contributed by atoms with Gasteiger partial charge in [-0.25, -0.2) is 4.79 Å². The zero-order valence-electron chi connectivity index (χ0n) is 16.0. The predicted octanol–water partition coefficient (Wildman–Crippen LogP) is 4.90. The second-order valence-electron chi connectivity index (χ2n) is 6.31. The quantitative estimate of drug-likeness (QED) is 0.361. The number of hydrogen-bond acceptors (Lipinski definition) is 6. The summed E-state index contributed by atoms with van der Waals surface area (Å²) < 4.78 is 11.3. The van der Waals surface area contributed by atoms with E-state index in [0.717, 1.165) is 11.1 Å². The van der Waals surface area contributed by atoms with Crippen LogP contribution in [-0.4, -0.2) is 22.8 Å². The first-order valence-corrected chi connectivity index (χ1v) is 10.6. The van der Waals surface area contributed by atoms with Crippen LogP contribution in [0.15, 0.2) is 65.1 Å². The van der Waals surface area contributed by atoms with Crippen molar-refractivity contribution in [3.8, 4) is 5.75 Å². The van der Waals surface area contributed by atoms with Gasteiger partial charge in [0.15, 0.2) is 6.61 Å². The van der Waals surface area contributed by atoms with Crippen molar-refractivity contribution in [1.82, 2.24) is 5.32 Å². The molecule has 8 heteroatoms. The molecule has 1 aliphatic rings. The number of carbonyl (C=O) groups excluding carboxylic acids is 2. The van der Waals surface area contributed by atoms with E-state index in [1.165, 1.54) is 11.8 Å². The van der Waals surface area contributed by atoms with Gasteiger partial charge in [-0.2, -0.15) is 0 Å². The molecule has 1 heterocycles. The molecule has 0 atom stereocenters. The van der Waals surface area contributed by atoms with Gasteiger partial charge in [0.2, 0.25) is 0 Å². The Balaban J connectivity index is 1.65. The lowest BCUT2D eigenvalue weighted by molar-refractivity contribution is -0.147. The summed E-state index contributed by atoms with van der Waals surface area (Å²) in [5, 5.41) is 3.11. The maximum atomic E-state index is 12.0. The molecule has 1 saturated heterocycles. The SMILES string of the molecule is CC(C=Cc1cc(Cl)ccc1OCC(=O)OCc1ccccc1)=C1SC(=S)NC1=O. The minimum absolute atomic E-state index is 0.185. The van der Waals surface area contributed by atoms with Crippen molar-refractivity contribution in [2.75, 3.05) is 6.61 Å². The third-order valence-corrected chi connectivity index (χ3v) is 5.63. The van der Waals surface area contributed by atoms with Crippen LogP contribution in [0, 0.1) is 0 Å². The molecule has 1 N–H and O–H groups in total. The highest BCUT2D eigenvalue weighted by Crippen LogP contribution is 2.29. The fourth-order valence-electron chi connectivity index (χ4n) is 2.56. The second kappa shape index (κ2) is 10.4. The molecule has 0 aromatic heterocycles. The van der Waals surface area contributed by atoms with Gasteiger partial charge in [-0.1, -0.05) is 78.1 Å². The Morgan fingerprint density at radius 3 is 2.70 bits per heavy atom. The van der Waals surface area contributed by atoms with Gasteiger partial charge in [0.25, 0.3) is 5.91 Å². The van der Waals surface area contributed by atoms with Gasteiger partial charge in [0, 0.05) is 10.6 Å². The highest BCUT2D eigenvalue weighted by Gasteiger charge is 2.23. The Bertz CT molecular complexity index is 1030. The van der Waals surface area contributed by atoms with E-state index in [0.29, 0.717) is 25.6 Å². The van der Waals surface area contributed by atoms with Gasteiger partial charge in [-0.3, -0.25) is 4.79 Å². The number of carbonyl (C=O) groups is 2. The van der Waals surface area contributed by atoms with Crippen LogP contribution in [0.3, 0.4) is 0 Å². The van der Waals surface area contributed by atoms with E-state index in [-0.39, 0.29) is 19.1 Å². The van der Waals surface area contributed by atoms with Crippen LogP contribution in [0.4, 0.5) is 0 Å². The highest BCUT2D eigenvalue weighted by molar-refractivity contribution is 8.26. The van der Waals surface area contributed by atoms with Gasteiger partial charge in [-0.15, -0.1) is 0 Å². The number of esters is 1. The molecule has 3 rings (SSSR count). The average Bonchev–Trinajstić information content (AvgIpc) is 3.08. The number of nitrogens with one attached hydrogen (secondary N) is 1. The van der Waals surface area contributed by atoms with Gasteiger partial charge in [-0.05, 0) is 36.3 Å². The van der Waals surface area contributed by atoms with E-state index >= 15 is 0 Å². The molecule has 1 aliphatic heterocycles. The van der Waals surface area contributed by atoms with Crippen molar-refractivity contribution in [2.24, 2.45) is 0 Å². The van der Waals surface area contributed by atoms with Gasteiger partial charge < -0.3 is 14.8 Å². The largest absolute Gasteiger partial charge is 0.481 e. The van der Waals surface area contributed by atoms with Crippen molar-refractivity contribution < 1.29 is 19.1 Å². The third-order valence-electron chi connectivity index (χ3n) is 4.05. The number of halogens is 1. The number of benzene rings is 2. The van der Waals surface area contributed by atoms with Gasteiger partial charge >= 0.3 is 5.97 Å². The van der Waals surface area contributed by atoms with E-state index in [4.69, 9.17) is 33.3 Å². The normalized spacial score (nSPS) is 15.3. The summed E-state index contributed by atoms with van der Waals surface area (Å²) >= 11 is 12.3. The molecule has 0 unspecified atom stereocenters. The molecule has 2 aromatic rings. The number of rotatable bonds is 7. The van der Waals surface area contributed by atoms with E-state index in [1.807, 2.05) is 37.3 Å². The van der Waals surface area contributed by atoms with Crippen LogP contribution in [0.5, 0.6) is 5.75 Å². The maximum Gasteiger partial charge on any atom is 0.344 e. The van der Waals surface area contributed by atoms with E-state index in [2.05, 4.69) is 5.32 Å². The smallest absolute Gasteiger partial charge is 0.344 e. The number of allylic oxidation sites excluding steroid dienone is 2. The van der Waals surface area contributed by atoms with Crippen LogP contribution in [0.25, 0.3) is 6.08 Å². The topological polar surface area (TPSA) is 64.6 Å². The summed E-state index contributed by atoms with van der Waals surface area (Å²) in [5.74, 6) is -0.213. The molecule has 0 bridgehead atoms. The monoisotopic (exact) mass is 459 g/mol. The van der Waals surface area contributed by atoms with Crippen LogP contribution >= 0.6 is 35.6 Å². The van der Waals surface area contributed by atoms with Crippen molar-refractivity contribution >= 4 is 57.9 Å². The van der Waals surface area contributed by atoms with Crippen LogP contribution in [-0.2, 0) is 20.9 Å². The highest BCUT2D eigenvalue weighted by atomic mass is 35.5. The van der Waals surface area contributed by atoms with Gasteiger partial charge in [0.05, 0.1) is 4.91 Å². The lowest BCUT2D eigenvalue weighted by Gasteiger charge is -2.10. The number of thiocarbonyl (C=S) groups is 1. The fourth-order valence-corrected chi connectivity index (χ4v) is 3.79. The third kappa shape index (κ3) is 6.19. The maximum absolute atomic E-state index is 12.0. The molecule has 0 spiro atoms. The first-order valence-electron chi connectivity index (χ1n) is 8.96. The first kappa shape index (κ1) is 22.1. The van der Waals surface area contributed by atoms with Crippen molar-refractivity contribution in [1.29, 1.82) is 0 Å². The first-order chi connectivity index (χ1) is 14.4. The Morgan fingerprint density at radius 2 is 2.00 bits per heavy atom. The van der Waals surface area contributed by atoms with Crippen LogP contribution in [0.1, 0.15) is 18.1 Å². The van der Waals surface area contributed by atoms with Crippen molar-refractivity contribution in [3.63, 3.8) is 0 Å². The molecule has 5 nitrogen and oxygen atoms in total. The Hall–Kier alpha value is -2.61. The average molecular weight is 460 g/mol.